The van der Waals surface area contributed by atoms with Crippen molar-refractivity contribution in [2.45, 2.75) is 134 Å². The summed E-state index contributed by atoms with van der Waals surface area (Å²) in [5, 5.41) is 0.478. The molecule has 0 amide bonds. The van der Waals surface area contributed by atoms with E-state index in [1.165, 1.54) is 87.1 Å². The first-order valence-corrected chi connectivity index (χ1v) is 26.2. The number of aromatic nitrogens is 2. The standard InChI is InChI=1S/C53H67Cl2N2O10P/c1-5-6-7-8-9-10-11-12-13-14-15-16-17-21-34-64-68(60,66-47-33-28-43(54)35-46(47)55)67-48-36-50(57-37-39(2)51(58)56-52(57)59)65-49(48)38-63-53(40-22-19-18-20-23-40,41-24-29-44(61-3)30-25-41)42-26-31-45(62-4)32-27-42/h18-20,22-33,35,37,48-50H,5-17,21,34,36,38H2,1-4H3,(H,56,58,59)/t48-,49+,50+,68?/m0/s1. The number of rotatable bonds is 29. The van der Waals surface area contributed by atoms with Crippen LogP contribution in [-0.4, -0.2) is 49.2 Å². The van der Waals surface area contributed by atoms with Gasteiger partial charge in [-0.1, -0.05) is 168 Å². The van der Waals surface area contributed by atoms with E-state index in [9.17, 15) is 9.59 Å². The number of nitrogens with zero attached hydrogens (tertiary/aromatic N) is 1. The molecule has 0 bridgehead atoms. The van der Waals surface area contributed by atoms with Gasteiger partial charge in [0.1, 0.15) is 41.3 Å². The molecule has 2 heterocycles. The number of nitrogens with one attached hydrogen (secondary N) is 1. The Bertz CT molecular complexity index is 2420. The van der Waals surface area contributed by atoms with E-state index < -0.39 is 43.1 Å². The predicted molar refractivity (Wildman–Crippen MR) is 269 cm³/mol. The number of hydrogen-bond acceptors (Lipinski definition) is 10. The second-order valence-electron chi connectivity index (χ2n) is 17.3. The van der Waals surface area contributed by atoms with Crippen molar-refractivity contribution in [1.82, 2.24) is 9.55 Å². The highest BCUT2D eigenvalue weighted by Gasteiger charge is 2.47. The summed E-state index contributed by atoms with van der Waals surface area (Å²) in [6, 6.07) is 29.5. The van der Waals surface area contributed by atoms with Gasteiger partial charge in [0.2, 0.25) is 0 Å². The summed E-state index contributed by atoms with van der Waals surface area (Å²) in [5.74, 6) is 1.37. The number of halogens is 2. The van der Waals surface area contributed by atoms with Gasteiger partial charge in [-0.25, -0.2) is 9.36 Å². The Morgan fingerprint density at radius 2 is 1.28 bits per heavy atom. The number of unbranched alkanes of at least 4 members (excludes halogenated alkanes) is 13. The van der Waals surface area contributed by atoms with Crippen molar-refractivity contribution in [2.24, 2.45) is 0 Å². The van der Waals surface area contributed by atoms with Crippen molar-refractivity contribution in [3.05, 3.63) is 156 Å². The van der Waals surface area contributed by atoms with Gasteiger partial charge in [-0.3, -0.25) is 23.4 Å². The van der Waals surface area contributed by atoms with Crippen molar-refractivity contribution < 1.29 is 37.1 Å². The zero-order chi connectivity index (χ0) is 48.4. The zero-order valence-corrected chi connectivity index (χ0v) is 42.2. The maximum atomic E-state index is 15.1. The van der Waals surface area contributed by atoms with E-state index in [-0.39, 0.29) is 30.4 Å². The van der Waals surface area contributed by atoms with Crippen LogP contribution < -0.4 is 25.2 Å². The van der Waals surface area contributed by atoms with E-state index in [1.807, 2.05) is 78.9 Å². The average Bonchev–Trinajstić information content (AvgIpc) is 3.74. The van der Waals surface area contributed by atoms with Gasteiger partial charge in [-0.15, -0.1) is 0 Å². The summed E-state index contributed by atoms with van der Waals surface area (Å²) < 4.78 is 60.0. The molecule has 4 atom stereocenters. The van der Waals surface area contributed by atoms with Gasteiger partial charge in [0.25, 0.3) is 5.56 Å². The smallest absolute Gasteiger partial charge is 0.497 e. The first kappa shape index (κ1) is 53.0. The molecule has 368 valence electrons. The number of phosphoric acid groups is 1. The third-order valence-electron chi connectivity index (χ3n) is 12.4. The molecule has 0 spiro atoms. The lowest BCUT2D eigenvalue weighted by molar-refractivity contribution is -0.0938. The number of hydrogen-bond donors (Lipinski definition) is 1. The molecular formula is C53H67Cl2N2O10P. The van der Waals surface area contributed by atoms with E-state index >= 15 is 4.57 Å². The quantitative estimate of drug-likeness (QED) is 0.0280. The fraction of sp³-hybridized carbons (Fsp3) is 0.472. The van der Waals surface area contributed by atoms with Crippen molar-refractivity contribution >= 4 is 31.0 Å². The van der Waals surface area contributed by atoms with E-state index in [4.69, 9.17) is 55.7 Å². The minimum Gasteiger partial charge on any atom is -0.497 e. The number of ether oxygens (including phenoxy) is 4. The van der Waals surface area contributed by atoms with Crippen LogP contribution in [0, 0.1) is 6.92 Å². The van der Waals surface area contributed by atoms with Crippen LogP contribution in [0.25, 0.3) is 0 Å². The maximum absolute atomic E-state index is 15.1. The summed E-state index contributed by atoms with van der Waals surface area (Å²) >= 11 is 12.8. The van der Waals surface area contributed by atoms with E-state index in [0.29, 0.717) is 28.5 Å². The van der Waals surface area contributed by atoms with Crippen LogP contribution in [0.2, 0.25) is 10.0 Å². The Hall–Kier alpha value is -4.39. The normalized spacial score (nSPS) is 16.9. The second kappa shape index (κ2) is 26.6. The van der Waals surface area contributed by atoms with Gasteiger partial charge >= 0.3 is 13.5 Å². The topological polar surface area (TPSA) is 137 Å². The van der Waals surface area contributed by atoms with Gasteiger partial charge < -0.3 is 23.5 Å². The molecule has 1 aliphatic rings. The van der Waals surface area contributed by atoms with E-state index in [2.05, 4.69) is 11.9 Å². The van der Waals surface area contributed by atoms with Crippen LogP contribution in [0.1, 0.15) is 132 Å². The van der Waals surface area contributed by atoms with E-state index in [1.54, 1.807) is 27.2 Å². The predicted octanol–water partition coefficient (Wildman–Crippen LogP) is 13.5. The van der Waals surface area contributed by atoms with Crippen LogP contribution in [0.4, 0.5) is 0 Å². The van der Waals surface area contributed by atoms with Crippen molar-refractivity contribution in [3.8, 4) is 17.2 Å². The van der Waals surface area contributed by atoms with Crippen LogP contribution >= 0.6 is 31.0 Å². The molecule has 0 saturated carbocycles. The molecule has 1 fully saturated rings. The Kier molecular flexibility index (Phi) is 20.7. The number of H-pyrrole nitrogens is 1. The van der Waals surface area contributed by atoms with Gasteiger partial charge in [-0.05, 0) is 72.5 Å². The summed E-state index contributed by atoms with van der Waals surface area (Å²) in [7, 11) is -1.28. The van der Waals surface area contributed by atoms with Crippen LogP contribution in [0.15, 0.2) is 113 Å². The average molecular weight is 994 g/mol. The second-order valence-corrected chi connectivity index (χ2v) is 19.7. The lowest BCUT2D eigenvalue weighted by Crippen LogP contribution is -2.38. The summed E-state index contributed by atoms with van der Waals surface area (Å²) in [4.78, 5) is 28.2. The highest BCUT2D eigenvalue weighted by atomic mass is 35.5. The van der Waals surface area contributed by atoms with Crippen molar-refractivity contribution in [2.75, 3.05) is 27.4 Å². The first-order chi connectivity index (χ1) is 33.0. The van der Waals surface area contributed by atoms with Gasteiger partial charge in [0.15, 0.2) is 0 Å². The minimum absolute atomic E-state index is 0.00669. The summed E-state index contributed by atoms with van der Waals surface area (Å²) in [6.45, 7) is 3.79. The van der Waals surface area contributed by atoms with Gasteiger partial charge in [0.05, 0.1) is 32.5 Å². The summed E-state index contributed by atoms with van der Waals surface area (Å²) in [5.41, 5.74) is 0.210. The van der Waals surface area contributed by atoms with Crippen LogP contribution in [-0.2, 0) is 28.7 Å². The van der Waals surface area contributed by atoms with Crippen molar-refractivity contribution in [1.29, 1.82) is 0 Å². The molecule has 1 aliphatic heterocycles. The lowest BCUT2D eigenvalue weighted by Gasteiger charge is -2.37. The number of benzene rings is 4. The third kappa shape index (κ3) is 14.6. The molecule has 1 saturated heterocycles. The SMILES string of the molecule is CCCCCCCCCCCCCCCCOP(=O)(Oc1ccc(Cl)cc1Cl)O[C@H]1C[C@H](n2cc(C)c(=O)[nH]c2=O)O[C@@H]1COC(c1ccccc1)(c1ccc(OC)cc1)c1ccc(OC)cc1. The molecule has 1 N–H and O–H groups in total. The van der Waals surface area contributed by atoms with Gasteiger partial charge in [-0.2, -0.15) is 0 Å². The fourth-order valence-corrected chi connectivity index (χ4v) is 10.6. The monoisotopic (exact) mass is 992 g/mol. The Morgan fingerprint density at radius 1 is 0.735 bits per heavy atom. The fourth-order valence-electron chi connectivity index (χ4n) is 8.60. The Labute approximate surface area is 411 Å². The Morgan fingerprint density at radius 3 is 1.82 bits per heavy atom. The molecule has 0 aliphatic carbocycles. The molecule has 0 radical (unpaired) electrons. The maximum Gasteiger partial charge on any atom is 0.530 e. The van der Waals surface area contributed by atoms with Crippen molar-refractivity contribution in [3.63, 3.8) is 0 Å². The number of phosphoric ester groups is 1. The molecular weight excluding hydrogens is 926 g/mol. The largest absolute Gasteiger partial charge is 0.530 e. The molecule has 1 unspecified atom stereocenters. The molecule has 6 rings (SSSR count). The lowest BCUT2D eigenvalue weighted by atomic mass is 9.80. The molecule has 4 aromatic carbocycles. The third-order valence-corrected chi connectivity index (χ3v) is 14.4. The molecule has 5 aromatic rings. The van der Waals surface area contributed by atoms with Crippen LogP contribution in [0.5, 0.6) is 17.2 Å². The van der Waals surface area contributed by atoms with Gasteiger partial charge in [0, 0.05) is 23.2 Å². The highest BCUT2D eigenvalue weighted by Crippen LogP contribution is 2.55. The van der Waals surface area contributed by atoms with E-state index in [0.717, 1.165) is 36.0 Å². The molecule has 1 aromatic heterocycles. The number of aromatic amines is 1. The molecule has 15 heteroatoms. The molecule has 12 nitrogen and oxygen atoms in total. The number of methoxy groups -OCH3 is 2. The number of aryl methyl sites for hydroxylation is 1. The Balaban J connectivity index is 1.25. The van der Waals surface area contributed by atoms with Crippen LogP contribution in [0.3, 0.4) is 0 Å². The minimum atomic E-state index is -4.50. The summed E-state index contributed by atoms with van der Waals surface area (Å²) in [6.07, 6.45) is 15.0. The first-order valence-electron chi connectivity index (χ1n) is 24.0. The highest BCUT2D eigenvalue weighted by molar-refractivity contribution is 7.49. The zero-order valence-electron chi connectivity index (χ0n) is 39.8. The molecule has 68 heavy (non-hydrogen) atoms.